The summed E-state index contributed by atoms with van der Waals surface area (Å²) in [6.45, 7) is 6.32. The lowest BCUT2D eigenvalue weighted by Crippen LogP contribution is -2.37. The maximum Gasteiger partial charge on any atom is 0.276 e. The van der Waals surface area contributed by atoms with Crippen molar-refractivity contribution in [2.24, 2.45) is 5.73 Å². The Morgan fingerprint density at radius 1 is 1.41 bits per heavy atom. The topological polar surface area (TPSA) is 76.5 Å². The highest BCUT2D eigenvalue weighted by atomic mass is 32.2. The SMILES string of the molecule is CCCN(C(C)C)S(=O)(=O)c1ccc(CN)o1. The molecule has 0 saturated heterocycles. The zero-order valence-electron chi connectivity index (χ0n) is 10.5. The average Bonchev–Trinajstić information content (AvgIpc) is 2.74. The Kier molecular flexibility index (Phi) is 4.73. The molecule has 17 heavy (non-hydrogen) atoms. The Balaban J connectivity index is 3.07. The van der Waals surface area contributed by atoms with E-state index in [-0.39, 0.29) is 17.7 Å². The molecule has 0 fully saturated rings. The molecule has 0 amide bonds. The molecule has 0 spiro atoms. The summed E-state index contributed by atoms with van der Waals surface area (Å²) in [6, 6.07) is 2.96. The molecule has 98 valence electrons. The predicted molar refractivity (Wildman–Crippen MR) is 65.9 cm³/mol. The van der Waals surface area contributed by atoms with E-state index in [0.29, 0.717) is 12.3 Å². The highest BCUT2D eigenvalue weighted by Crippen LogP contribution is 2.20. The summed E-state index contributed by atoms with van der Waals surface area (Å²) in [6.07, 6.45) is 0.766. The molecule has 0 radical (unpaired) electrons. The van der Waals surface area contributed by atoms with Gasteiger partial charge in [-0.25, -0.2) is 8.42 Å². The molecule has 0 aromatic carbocycles. The highest BCUT2D eigenvalue weighted by Gasteiger charge is 2.29. The van der Waals surface area contributed by atoms with Gasteiger partial charge in [-0.05, 0) is 32.4 Å². The second-order valence-corrected chi connectivity index (χ2v) is 5.96. The van der Waals surface area contributed by atoms with Crippen LogP contribution >= 0.6 is 0 Å². The summed E-state index contributed by atoms with van der Waals surface area (Å²) >= 11 is 0. The first kappa shape index (κ1) is 14.2. The van der Waals surface area contributed by atoms with Gasteiger partial charge in [0.1, 0.15) is 5.76 Å². The number of hydrogen-bond acceptors (Lipinski definition) is 4. The summed E-state index contributed by atoms with van der Waals surface area (Å²) in [4.78, 5) is 0. The summed E-state index contributed by atoms with van der Waals surface area (Å²) in [5.41, 5.74) is 5.40. The van der Waals surface area contributed by atoms with E-state index in [2.05, 4.69) is 0 Å². The van der Waals surface area contributed by atoms with Crippen molar-refractivity contribution in [3.05, 3.63) is 17.9 Å². The average molecular weight is 260 g/mol. The minimum atomic E-state index is -3.54. The fraction of sp³-hybridized carbons (Fsp3) is 0.636. The third-order valence-corrected chi connectivity index (χ3v) is 4.37. The van der Waals surface area contributed by atoms with Crippen LogP contribution < -0.4 is 5.73 Å². The van der Waals surface area contributed by atoms with Crippen LogP contribution in [-0.2, 0) is 16.6 Å². The monoisotopic (exact) mass is 260 g/mol. The van der Waals surface area contributed by atoms with Crippen molar-refractivity contribution >= 4 is 10.0 Å². The standard InChI is InChI=1S/C11H20N2O3S/c1-4-7-13(9(2)3)17(14,15)11-6-5-10(8-12)16-11/h5-6,9H,4,7-8,12H2,1-3H3. The third-order valence-electron chi connectivity index (χ3n) is 2.42. The van der Waals surface area contributed by atoms with E-state index in [1.165, 1.54) is 10.4 Å². The van der Waals surface area contributed by atoms with Crippen LogP contribution in [0.2, 0.25) is 0 Å². The molecule has 0 atom stereocenters. The molecule has 1 heterocycles. The summed E-state index contributed by atoms with van der Waals surface area (Å²) in [7, 11) is -3.54. The van der Waals surface area contributed by atoms with Gasteiger partial charge in [0.05, 0.1) is 6.54 Å². The maximum atomic E-state index is 12.3. The summed E-state index contributed by atoms with van der Waals surface area (Å²) < 4.78 is 31.2. The fourth-order valence-electron chi connectivity index (χ4n) is 1.60. The Morgan fingerprint density at radius 3 is 2.47 bits per heavy atom. The van der Waals surface area contributed by atoms with Gasteiger partial charge in [0.15, 0.2) is 0 Å². The van der Waals surface area contributed by atoms with E-state index in [0.717, 1.165) is 6.42 Å². The van der Waals surface area contributed by atoms with E-state index >= 15 is 0 Å². The molecule has 5 nitrogen and oxygen atoms in total. The minimum Gasteiger partial charge on any atom is -0.447 e. The van der Waals surface area contributed by atoms with Crippen molar-refractivity contribution in [1.82, 2.24) is 4.31 Å². The maximum absolute atomic E-state index is 12.3. The molecule has 2 N–H and O–H groups in total. The number of nitrogens with zero attached hydrogens (tertiary/aromatic N) is 1. The molecule has 0 aliphatic heterocycles. The van der Waals surface area contributed by atoms with E-state index in [1.54, 1.807) is 6.07 Å². The Bertz CT molecular complexity index is 451. The normalized spacial score (nSPS) is 12.6. The Hall–Kier alpha value is -0.850. The van der Waals surface area contributed by atoms with Crippen LogP contribution in [0.5, 0.6) is 0 Å². The van der Waals surface area contributed by atoms with Crippen LogP contribution in [0, 0.1) is 0 Å². The van der Waals surface area contributed by atoms with Crippen LogP contribution in [0.1, 0.15) is 33.0 Å². The first-order chi connectivity index (χ1) is 7.93. The zero-order chi connectivity index (χ0) is 13.1. The van der Waals surface area contributed by atoms with Crippen molar-refractivity contribution in [2.75, 3.05) is 6.54 Å². The van der Waals surface area contributed by atoms with Gasteiger partial charge in [0.25, 0.3) is 10.0 Å². The Morgan fingerprint density at radius 2 is 2.06 bits per heavy atom. The van der Waals surface area contributed by atoms with E-state index in [4.69, 9.17) is 10.2 Å². The van der Waals surface area contributed by atoms with Gasteiger partial charge in [-0.3, -0.25) is 0 Å². The molecule has 1 aromatic rings. The van der Waals surface area contributed by atoms with Gasteiger partial charge in [-0.15, -0.1) is 0 Å². The molecule has 1 aromatic heterocycles. The van der Waals surface area contributed by atoms with Crippen LogP contribution in [-0.4, -0.2) is 25.3 Å². The Labute approximate surface area is 103 Å². The van der Waals surface area contributed by atoms with Crippen molar-refractivity contribution in [3.8, 4) is 0 Å². The van der Waals surface area contributed by atoms with Gasteiger partial charge < -0.3 is 10.2 Å². The molecule has 0 aliphatic rings. The lowest BCUT2D eigenvalue weighted by Gasteiger charge is -2.23. The molecule has 0 aliphatic carbocycles. The number of sulfonamides is 1. The molecule has 0 saturated carbocycles. The first-order valence-corrected chi connectivity index (χ1v) is 7.18. The second kappa shape index (κ2) is 5.66. The molecule has 1 rings (SSSR count). The largest absolute Gasteiger partial charge is 0.447 e. The van der Waals surface area contributed by atoms with Gasteiger partial charge in [-0.1, -0.05) is 6.92 Å². The predicted octanol–water partition coefficient (Wildman–Crippen LogP) is 1.55. The fourth-order valence-corrected chi connectivity index (χ4v) is 3.26. The zero-order valence-corrected chi connectivity index (χ0v) is 11.3. The number of nitrogens with two attached hydrogens (primary N) is 1. The van der Waals surface area contributed by atoms with E-state index in [9.17, 15) is 8.42 Å². The first-order valence-electron chi connectivity index (χ1n) is 5.74. The number of furan rings is 1. The molecular weight excluding hydrogens is 240 g/mol. The summed E-state index contributed by atoms with van der Waals surface area (Å²) in [5.74, 6) is 0.476. The van der Waals surface area contributed by atoms with Crippen molar-refractivity contribution in [1.29, 1.82) is 0 Å². The lowest BCUT2D eigenvalue weighted by molar-refractivity contribution is 0.331. The van der Waals surface area contributed by atoms with Gasteiger partial charge >= 0.3 is 0 Å². The molecule has 6 heteroatoms. The van der Waals surface area contributed by atoms with Crippen LogP contribution in [0.15, 0.2) is 21.6 Å². The van der Waals surface area contributed by atoms with Crippen molar-refractivity contribution in [3.63, 3.8) is 0 Å². The smallest absolute Gasteiger partial charge is 0.276 e. The second-order valence-electron chi connectivity index (χ2n) is 4.13. The van der Waals surface area contributed by atoms with E-state index < -0.39 is 10.0 Å². The minimum absolute atomic E-state index is 0.0277. The van der Waals surface area contributed by atoms with Gasteiger partial charge in [-0.2, -0.15) is 4.31 Å². The molecular formula is C11H20N2O3S. The van der Waals surface area contributed by atoms with Gasteiger partial charge in [0.2, 0.25) is 5.09 Å². The van der Waals surface area contributed by atoms with E-state index in [1.807, 2.05) is 20.8 Å². The quantitative estimate of drug-likeness (QED) is 0.842. The van der Waals surface area contributed by atoms with Crippen molar-refractivity contribution in [2.45, 2.75) is 44.9 Å². The van der Waals surface area contributed by atoms with Crippen LogP contribution in [0.4, 0.5) is 0 Å². The third kappa shape index (κ3) is 3.08. The van der Waals surface area contributed by atoms with Crippen LogP contribution in [0.25, 0.3) is 0 Å². The summed E-state index contributed by atoms with van der Waals surface area (Å²) in [5, 5.41) is -0.0277. The molecule has 0 unspecified atom stereocenters. The number of rotatable bonds is 6. The van der Waals surface area contributed by atoms with Crippen LogP contribution in [0.3, 0.4) is 0 Å². The van der Waals surface area contributed by atoms with Gasteiger partial charge in [0, 0.05) is 12.6 Å². The molecule has 0 bridgehead atoms. The highest BCUT2D eigenvalue weighted by molar-refractivity contribution is 7.89. The van der Waals surface area contributed by atoms with Crippen molar-refractivity contribution < 1.29 is 12.8 Å². The number of hydrogen-bond donors (Lipinski definition) is 1. The lowest BCUT2D eigenvalue weighted by atomic mass is 10.4.